The normalized spacial score (nSPS) is 10.2. The number of pyridine rings is 1. The first-order valence-electron chi connectivity index (χ1n) is 5.23. The van der Waals surface area contributed by atoms with Crippen molar-refractivity contribution in [3.05, 3.63) is 36.3 Å². The number of aromatic nitrogens is 1. The van der Waals surface area contributed by atoms with Gasteiger partial charge in [0, 0.05) is 19.2 Å². The van der Waals surface area contributed by atoms with Gasteiger partial charge in [0.25, 0.3) is 0 Å². The third-order valence-electron chi connectivity index (χ3n) is 2.46. The first kappa shape index (κ1) is 11.3. The summed E-state index contributed by atoms with van der Waals surface area (Å²) in [5.41, 5.74) is 7.34. The van der Waals surface area contributed by atoms with Crippen molar-refractivity contribution in [2.75, 3.05) is 24.8 Å². The predicted molar refractivity (Wildman–Crippen MR) is 66.0 cm³/mol. The van der Waals surface area contributed by atoms with E-state index in [0.717, 1.165) is 17.9 Å². The van der Waals surface area contributed by atoms with Crippen molar-refractivity contribution < 1.29 is 9.15 Å². The smallest absolute Gasteiger partial charge is 0.238 e. The molecular formula is C12H15N3O2. The van der Waals surface area contributed by atoms with Crippen molar-refractivity contribution in [3.63, 3.8) is 0 Å². The molecule has 2 aromatic heterocycles. The summed E-state index contributed by atoms with van der Waals surface area (Å²) in [4.78, 5) is 6.31. The maximum Gasteiger partial charge on any atom is 0.238 e. The second-order valence-corrected chi connectivity index (χ2v) is 3.76. The van der Waals surface area contributed by atoms with E-state index in [-0.39, 0.29) is 0 Å². The van der Waals surface area contributed by atoms with Gasteiger partial charge in [-0.05, 0) is 18.2 Å². The highest BCUT2D eigenvalue weighted by Crippen LogP contribution is 2.22. The maximum atomic E-state index is 5.72. The number of rotatable bonds is 4. The van der Waals surface area contributed by atoms with Crippen LogP contribution in [0.15, 0.2) is 35.1 Å². The van der Waals surface area contributed by atoms with E-state index >= 15 is 0 Å². The Hall–Kier alpha value is -2.17. The molecule has 0 saturated heterocycles. The topological polar surface area (TPSA) is 64.5 Å². The summed E-state index contributed by atoms with van der Waals surface area (Å²) in [6.45, 7) is 0.719. The molecule has 90 valence electrons. The zero-order valence-electron chi connectivity index (χ0n) is 9.88. The molecule has 0 aliphatic carbocycles. The number of hydrogen-bond donors (Lipinski definition) is 1. The van der Waals surface area contributed by atoms with Crippen LogP contribution in [-0.4, -0.2) is 19.1 Å². The third-order valence-corrected chi connectivity index (χ3v) is 2.46. The standard InChI is InChI=1S/C12H15N3O2/c1-15(7-9-5-6-17-8-9)11-4-3-10(13)12(14-11)16-2/h3-6,8H,7,13H2,1-2H3. The van der Waals surface area contributed by atoms with Crippen LogP contribution in [0.1, 0.15) is 5.56 Å². The molecular weight excluding hydrogens is 218 g/mol. The minimum atomic E-state index is 0.446. The summed E-state index contributed by atoms with van der Waals surface area (Å²) in [6, 6.07) is 5.57. The maximum absolute atomic E-state index is 5.72. The van der Waals surface area contributed by atoms with Crippen LogP contribution in [-0.2, 0) is 6.54 Å². The van der Waals surface area contributed by atoms with E-state index in [2.05, 4.69) is 4.98 Å². The molecule has 0 fully saturated rings. The molecule has 17 heavy (non-hydrogen) atoms. The molecule has 2 aromatic rings. The van der Waals surface area contributed by atoms with Crippen LogP contribution in [0.4, 0.5) is 11.5 Å². The number of nitrogens with two attached hydrogens (primary N) is 1. The highest BCUT2D eigenvalue weighted by atomic mass is 16.5. The van der Waals surface area contributed by atoms with E-state index in [1.54, 1.807) is 25.7 Å². The Morgan fingerprint density at radius 1 is 1.41 bits per heavy atom. The molecule has 0 atom stereocenters. The molecule has 0 aliphatic rings. The van der Waals surface area contributed by atoms with E-state index in [4.69, 9.17) is 14.9 Å². The average molecular weight is 233 g/mol. The van der Waals surface area contributed by atoms with Crippen LogP contribution < -0.4 is 15.4 Å². The first-order valence-corrected chi connectivity index (χ1v) is 5.23. The van der Waals surface area contributed by atoms with Crippen LogP contribution in [0.2, 0.25) is 0 Å². The van der Waals surface area contributed by atoms with Crippen LogP contribution in [0.25, 0.3) is 0 Å². The lowest BCUT2D eigenvalue weighted by Gasteiger charge is -2.18. The third kappa shape index (κ3) is 2.50. The molecule has 0 amide bonds. The van der Waals surface area contributed by atoms with Crippen LogP contribution in [0.3, 0.4) is 0 Å². The molecule has 2 rings (SSSR count). The summed E-state index contributed by atoms with van der Waals surface area (Å²) in [5, 5.41) is 0. The van der Waals surface area contributed by atoms with E-state index in [0.29, 0.717) is 11.6 Å². The van der Waals surface area contributed by atoms with Crippen molar-refractivity contribution in [3.8, 4) is 5.88 Å². The monoisotopic (exact) mass is 233 g/mol. The first-order chi connectivity index (χ1) is 8.20. The Balaban J connectivity index is 2.16. The molecule has 5 nitrogen and oxygen atoms in total. The molecule has 5 heteroatoms. The highest BCUT2D eigenvalue weighted by Gasteiger charge is 2.08. The minimum Gasteiger partial charge on any atom is -0.479 e. The molecule has 0 spiro atoms. The largest absolute Gasteiger partial charge is 0.479 e. The molecule has 2 heterocycles. The second kappa shape index (κ2) is 4.78. The van der Waals surface area contributed by atoms with Crippen molar-refractivity contribution in [2.24, 2.45) is 0 Å². The van der Waals surface area contributed by atoms with Gasteiger partial charge < -0.3 is 19.8 Å². The summed E-state index contributed by atoms with van der Waals surface area (Å²) in [6.07, 6.45) is 3.37. The summed E-state index contributed by atoms with van der Waals surface area (Å²) in [5.74, 6) is 1.25. The lowest BCUT2D eigenvalue weighted by molar-refractivity contribution is 0.400. The van der Waals surface area contributed by atoms with Gasteiger partial charge in [0.05, 0.1) is 25.3 Å². The summed E-state index contributed by atoms with van der Waals surface area (Å²) >= 11 is 0. The van der Waals surface area contributed by atoms with Gasteiger partial charge in [-0.3, -0.25) is 0 Å². The molecule has 0 saturated carbocycles. The number of anilines is 2. The number of nitrogens with zero attached hydrogens (tertiary/aromatic N) is 2. The van der Waals surface area contributed by atoms with Gasteiger partial charge in [0.15, 0.2) is 0 Å². The SMILES string of the molecule is COc1nc(N(C)Cc2ccoc2)ccc1N. The zero-order valence-corrected chi connectivity index (χ0v) is 9.88. The molecule has 0 aromatic carbocycles. The van der Waals surface area contributed by atoms with Crippen LogP contribution >= 0.6 is 0 Å². The summed E-state index contributed by atoms with van der Waals surface area (Å²) < 4.78 is 10.1. The number of furan rings is 1. The molecule has 0 unspecified atom stereocenters. The van der Waals surface area contributed by atoms with Gasteiger partial charge in [-0.15, -0.1) is 0 Å². The van der Waals surface area contributed by atoms with E-state index in [1.807, 2.05) is 24.1 Å². The van der Waals surface area contributed by atoms with E-state index in [1.165, 1.54) is 0 Å². The number of hydrogen-bond acceptors (Lipinski definition) is 5. The van der Waals surface area contributed by atoms with Crippen molar-refractivity contribution in [1.29, 1.82) is 0 Å². The minimum absolute atomic E-state index is 0.446. The van der Waals surface area contributed by atoms with Gasteiger partial charge in [0.2, 0.25) is 5.88 Å². The van der Waals surface area contributed by atoms with Gasteiger partial charge in [0.1, 0.15) is 5.82 Å². The highest BCUT2D eigenvalue weighted by molar-refractivity contribution is 5.54. The van der Waals surface area contributed by atoms with Crippen LogP contribution in [0.5, 0.6) is 5.88 Å². The fraction of sp³-hybridized carbons (Fsp3) is 0.250. The Kier molecular flexibility index (Phi) is 3.18. The van der Waals surface area contributed by atoms with Gasteiger partial charge in [-0.2, -0.15) is 4.98 Å². The summed E-state index contributed by atoms with van der Waals surface area (Å²) in [7, 11) is 3.50. The van der Waals surface area contributed by atoms with E-state index < -0.39 is 0 Å². The van der Waals surface area contributed by atoms with Crippen molar-refractivity contribution >= 4 is 11.5 Å². The zero-order chi connectivity index (χ0) is 12.3. The Bertz CT molecular complexity index is 483. The van der Waals surface area contributed by atoms with E-state index in [9.17, 15) is 0 Å². The van der Waals surface area contributed by atoms with Gasteiger partial charge in [-0.25, -0.2) is 0 Å². The second-order valence-electron chi connectivity index (χ2n) is 3.76. The number of nitrogen functional groups attached to an aromatic ring is 1. The molecule has 0 bridgehead atoms. The lowest BCUT2D eigenvalue weighted by atomic mass is 10.3. The van der Waals surface area contributed by atoms with Gasteiger partial charge in [-0.1, -0.05) is 0 Å². The fourth-order valence-electron chi connectivity index (χ4n) is 1.56. The predicted octanol–water partition coefficient (Wildman–Crippen LogP) is 1.90. The lowest BCUT2D eigenvalue weighted by Crippen LogP contribution is -2.17. The number of methoxy groups -OCH3 is 1. The quantitative estimate of drug-likeness (QED) is 0.873. The Labute approximate surface area is 99.8 Å². The van der Waals surface area contributed by atoms with Crippen molar-refractivity contribution in [1.82, 2.24) is 4.98 Å². The van der Waals surface area contributed by atoms with Crippen LogP contribution in [0, 0.1) is 0 Å². The van der Waals surface area contributed by atoms with Gasteiger partial charge >= 0.3 is 0 Å². The molecule has 0 aliphatic heterocycles. The fourth-order valence-corrected chi connectivity index (χ4v) is 1.56. The Morgan fingerprint density at radius 3 is 2.88 bits per heavy atom. The van der Waals surface area contributed by atoms with Crippen molar-refractivity contribution in [2.45, 2.75) is 6.54 Å². The average Bonchev–Trinajstić information content (AvgIpc) is 2.82. The molecule has 0 radical (unpaired) electrons. The molecule has 2 N–H and O–H groups in total. The number of ether oxygens (including phenoxy) is 1. The Morgan fingerprint density at radius 2 is 2.24 bits per heavy atom.